The van der Waals surface area contributed by atoms with Gasteiger partial charge in [-0.1, -0.05) is 0 Å². The van der Waals surface area contributed by atoms with Gasteiger partial charge < -0.3 is 0 Å². The Balaban J connectivity index is 3.42. The monoisotopic (exact) mass is 480 g/mol. The first-order valence-electron chi connectivity index (χ1n) is 5.50. The Labute approximate surface area is 99.6 Å². The van der Waals surface area contributed by atoms with E-state index in [9.17, 15) is 0 Å². The van der Waals surface area contributed by atoms with Gasteiger partial charge in [0, 0.05) is 0 Å². The number of hydrogen-bond acceptors (Lipinski definition) is 0. The number of rotatable bonds is 8. The molecule has 0 fully saturated rings. The van der Waals surface area contributed by atoms with Gasteiger partial charge in [-0.2, -0.15) is 0 Å². The van der Waals surface area contributed by atoms with Gasteiger partial charge in [0.15, 0.2) is 0 Å². The van der Waals surface area contributed by atoms with Crippen molar-refractivity contribution in [2.75, 3.05) is 0 Å². The first-order valence-corrected chi connectivity index (χ1v) is 26.3. The summed E-state index contributed by atoms with van der Waals surface area (Å²) in [6.07, 6.45) is 8.37. The van der Waals surface area contributed by atoms with Gasteiger partial charge in [-0.15, -0.1) is 0 Å². The molecule has 0 nitrogen and oxygen atoms in total. The molecule has 0 amide bonds. The van der Waals surface area contributed by atoms with Crippen molar-refractivity contribution in [3.05, 3.63) is 0 Å². The number of hydrogen-bond donors (Lipinski definition) is 0. The maximum atomic E-state index is 3.98. The molecule has 0 aliphatic rings. The predicted molar refractivity (Wildman–Crippen MR) is 66.5 cm³/mol. The number of halogens is 2. The van der Waals surface area contributed by atoms with E-state index < -0.39 is 15.3 Å². The summed E-state index contributed by atoms with van der Waals surface area (Å²) < 4.78 is 2.95. The Hall–Kier alpha value is 1.83. The van der Waals surface area contributed by atoms with Gasteiger partial charge >= 0.3 is 101 Å². The van der Waals surface area contributed by atoms with Crippen molar-refractivity contribution in [3.8, 4) is 0 Å². The molecule has 0 rings (SSSR count). The Morgan fingerprint density at radius 3 is 1.46 bits per heavy atom. The molecule has 0 aliphatic carbocycles. The summed E-state index contributed by atoms with van der Waals surface area (Å²) in [5.41, 5.74) is 0. The molecule has 0 unspecified atom stereocenters. The maximum absolute atomic E-state index is 3.98. The van der Waals surface area contributed by atoms with Gasteiger partial charge in [-0.3, -0.25) is 0 Å². The summed E-state index contributed by atoms with van der Waals surface area (Å²) in [7, 11) is 0. The van der Waals surface area contributed by atoms with Gasteiger partial charge in [0.05, 0.1) is 0 Å². The van der Waals surface area contributed by atoms with E-state index in [0.717, 1.165) is 0 Å². The van der Waals surface area contributed by atoms with E-state index in [1.165, 1.54) is 46.9 Å². The second-order valence-corrected chi connectivity index (χ2v) is 47.1. The van der Waals surface area contributed by atoms with Crippen LogP contribution in [-0.2, 0) is 15.3 Å². The van der Waals surface area contributed by atoms with E-state index in [2.05, 4.69) is 38.4 Å². The van der Waals surface area contributed by atoms with Crippen LogP contribution >= 0.6 is 24.6 Å². The van der Waals surface area contributed by atoms with E-state index in [4.69, 9.17) is 0 Å². The van der Waals surface area contributed by atoms with E-state index in [1.54, 1.807) is 0 Å². The fourth-order valence-electron chi connectivity index (χ4n) is 1.39. The standard InChI is InChI=1S/2C5H11.2BrH.Hf/c2*1-3-5-4-2;;;/h2*1,3-5H2,2H3;2*1H;/q;;;;+2/p-2. The van der Waals surface area contributed by atoms with E-state index >= 15 is 0 Å². The quantitative estimate of drug-likeness (QED) is 0.296. The van der Waals surface area contributed by atoms with Gasteiger partial charge in [0.2, 0.25) is 0 Å². The van der Waals surface area contributed by atoms with Crippen LogP contribution in [0.15, 0.2) is 0 Å². The molecule has 0 heterocycles. The molecule has 0 aromatic rings. The average molecular weight is 481 g/mol. The molecule has 0 atom stereocenters. The zero-order valence-corrected chi connectivity index (χ0v) is 15.7. The van der Waals surface area contributed by atoms with Crippen molar-refractivity contribution in [2.24, 2.45) is 0 Å². The predicted octanol–water partition coefficient (Wildman–Crippen LogP) is 5.98. The first kappa shape index (κ1) is 14.8. The normalized spacial score (nSPS) is 12.0. The van der Waals surface area contributed by atoms with Gasteiger partial charge in [0.1, 0.15) is 0 Å². The molecule has 80 valence electrons. The second-order valence-electron chi connectivity index (χ2n) is 3.77. The summed E-state index contributed by atoms with van der Waals surface area (Å²) in [4.78, 5) is 0. The van der Waals surface area contributed by atoms with E-state index in [0.29, 0.717) is 0 Å². The number of unbranched alkanes of at least 4 members (excludes halogenated alkanes) is 4. The zero-order valence-electron chi connectivity index (χ0n) is 8.91. The van der Waals surface area contributed by atoms with E-state index in [-0.39, 0.29) is 0 Å². The third kappa shape index (κ3) is 10.1. The van der Waals surface area contributed by atoms with Crippen molar-refractivity contribution in [3.63, 3.8) is 0 Å². The zero-order chi connectivity index (χ0) is 10.2. The molecule has 0 bridgehead atoms. The minimum absolute atomic E-state index is 1.35. The van der Waals surface area contributed by atoms with Crippen molar-refractivity contribution in [2.45, 2.75) is 60.7 Å². The molecular formula is C10H22Br2Hf. The van der Waals surface area contributed by atoms with Gasteiger partial charge in [0.25, 0.3) is 0 Å². The second kappa shape index (κ2) is 9.08. The van der Waals surface area contributed by atoms with Crippen LogP contribution in [0.25, 0.3) is 0 Å². The first-order chi connectivity index (χ1) is 6.12. The molecule has 0 aromatic heterocycles. The summed E-state index contributed by atoms with van der Waals surface area (Å²) in [5.74, 6) is 0. The summed E-state index contributed by atoms with van der Waals surface area (Å²) in [6.45, 7) is 4.55. The molecule has 0 radical (unpaired) electrons. The molecule has 0 N–H and O–H groups in total. The Bertz CT molecular complexity index is 103. The Kier molecular flexibility index (Phi) is 10.4. The topological polar surface area (TPSA) is 0 Å². The van der Waals surface area contributed by atoms with Crippen LogP contribution in [0.3, 0.4) is 0 Å². The van der Waals surface area contributed by atoms with Crippen LogP contribution in [0.2, 0.25) is 8.35 Å². The van der Waals surface area contributed by atoms with Crippen LogP contribution in [0.4, 0.5) is 0 Å². The molecule has 0 spiro atoms. The third-order valence-electron chi connectivity index (χ3n) is 2.29. The average Bonchev–Trinajstić information content (AvgIpc) is 2.05. The summed E-state index contributed by atoms with van der Waals surface area (Å²) >= 11 is 5.98. The summed E-state index contributed by atoms with van der Waals surface area (Å²) in [5, 5.41) is 0. The van der Waals surface area contributed by atoms with Crippen LogP contribution in [-0.4, -0.2) is 0 Å². The van der Waals surface area contributed by atoms with Crippen LogP contribution in [0.5, 0.6) is 0 Å². The van der Waals surface area contributed by atoms with Crippen LogP contribution < -0.4 is 0 Å². The van der Waals surface area contributed by atoms with Crippen molar-refractivity contribution in [1.29, 1.82) is 0 Å². The van der Waals surface area contributed by atoms with Crippen molar-refractivity contribution >= 4 is 24.6 Å². The fourth-order valence-corrected chi connectivity index (χ4v) is 17.0. The molecule has 3 heteroatoms. The van der Waals surface area contributed by atoms with Crippen molar-refractivity contribution in [1.82, 2.24) is 0 Å². The fraction of sp³-hybridized carbons (Fsp3) is 1.00. The SMILES string of the molecule is CCCC[CH2][Hf]([Br])([Br])[CH2]CCCC. The third-order valence-corrected chi connectivity index (χ3v) is 23.1. The summed E-state index contributed by atoms with van der Waals surface area (Å²) in [6, 6.07) is 0. The molecule has 0 aliphatic heterocycles. The molecule has 0 saturated carbocycles. The molecule has 0 aromatic carbocycles. The molecular weight excluding hydrogens is 458 g/mol. The Morgan fingerprint density at radius 2 is 1.15 bits per heavy atom. The van der Waals surface area contributed by atoms with Crippen LogP contribution in [0.1, 0.15) is 52.4 Å². The van der Waals surface area contributed by atoms with Gasteiger partial charge in [-0.05, 0) is 0 Å². The molecule has 13 heavy (non-hydrogen) atoms. The van der Waals surface area contributed by atoms with E-state index in [1.807, 2.05) is 0 Å². The van der Waals surface area contributed by atoms with Gasteiger partial charge in [-0.25, -0.2) is 0 Å². The Morgan fingerprint density at radius 1 is 0.769 bits per heavy atom. The van der Waals surface area contributed by atoms with Crippen molar-refractivity contribution < 1.29 is 15.3 Å². The molecule has 0 saturated heterocycles. The minimum atomic E-state index is -1.98. The van der Waals surface area contributed by atoms with Crippen LogP contribution in [0, 0.1) is 0 Å².